The molecule has 1 aromatic heterocycles. The molecule has 1 rings (SSSR count). The zero-order chi connectivity index (χ0) is 11.8. The lowest BCUT2D eigenvalue weighted by molar-refractivity contribution is 0.402. The normalized spacial score (nSPS) is 10.4. The number of hydrogen-bond donors (Lipinski definition) is 0. The minimum atomic E-state index is 0.613. The van der Waals surface area contributed by atoms with E-state index in [9.17, 15) is 0 Å². The Morgan fingerprint density at radius 3 is 3.00 bits per heavy atom. The molecule has 0 aromatic carbocycles. The van der Waals surface area contributed by atoms with Gasteiger partial charge >= 0.3 is 0 Å². The van der Waals surface area contributed by atoms with Crippen LogP contribution in [0.15, 0.2) is 18.3 Å². The standard InChI is InChI=1S/C12H17N3S/c1-15(2)9-11-4-6-14-12(8-11)10-16-7-3-5-13/h4,6,8H,3,7,9-10H2,1-2H3. The van der Waals surface area contributed by atoms with Gasteiger partial charge in [0.1, 0.15) is 0 Å². The Labute approximate surface area is 101 Å². The van der Waals surface area contributed by atoms with Gasteiger partial charge in [0, 0.05) is 30.7 Å². The summed E-state index contributed by atoms with van der Waals surface area (Å²) in [7, 11) is 4.11. The minimum absolute atomic E-state index is 0.613. The van der Waals surface area contributed by atoms with Gasteiger partial charge in [0.15, 0.2) is 0 Å². The van der Waals surface area contributed by atoms with E-state index >= 15 is 0 Å². The summed E-state index contributed by atoms with van der Waals surface area (Å²) in [6.07, 6.45) is 2.47. The molecule has 16 heavy (non-hydrogen) atoms. The van der Waals surface area contributed by atoms with E-state index in [2.05, 4.69) is 36.1 Å². The lowest BCUT2D eigenvalue weighted by atomic mass is 10.2. The lowest BCUT2D eigenvalue weighted by Gasteiger charge is -2.10. The first-order valence-electron chi connectivity index (χ1n) is 5.25. The molecule has 0 N–H and O–H groups in total. The van der Waals surface area contributed by atoms with Crippen LogP contribution >= 0.6 is 11.8 Å². The van der Waals surface area contributed by atoms with Crippen molar-refractivity contribution in [2.24, 2.45) is 0 Å². The summed E-state index contributed by atoms with van der Waals surface area (Å²) < 4.78 is 0. The molecule has 0 fully saturated rings. The first-order chi connectivity index (χ1) is 7.72. The maximum atomic E-state index is 8.42. The molecule has 1 heterocycles. The second kappa shape index (κ2) is 7.26. The van der Waals surface area contributed by atoms with Crippen LogP contribution in [0.1, 0.15) is 17.7 Å². The Bertz CT molecular complexity index is 358. The molecule has 0 bridgehead atoms. The predicted octanol–water partition coefficient (Wildman–Crippen LogP) is 2.29. The third-order valence-electron chi connectivity index (χ3n) is 1.99. The van der Waals surface area contributed by atoms with Crippen LogP contribution in [0.5, 0.6) is 0 Å². The molecule has 0 spiro atoms. The third kappa shape index (κ3) is 5.15. The molecule has 3 nitrogen and oxygen atoms in total. The molecule has 0 unspecified atom stereocenters. The largest absolute Gasteiger partial charge is 0.305 e. The maximum Gasteiger partial charge on any atom is 0.0630 e. The van der Waals surface area contributed by atoms with E-state index in [1.807, 2.05) is 12.3 Å². The fraction of sp³-hybridized carbons (Fsp3) is 0.500. The number of nitrogens with zero attached hydrogens (tertiary/aromatic N) is 3. The average Bonchev–Trinajstić information content (AvgIpc) is 2.24. The van der Waals surface area contributed by atoms with Gasteiger partial charge in [-0.05, 0) is 31.8 Å². The SMILES string of the molecule is CN(C)Cc1ccnc(CSCCC#N)c1. The summed E-state index contributed by atoms with van der Waals surface area (Å²) in [6.45, 7) is 0.943. The highest BCUT2D eigenvalue weighted by atomic mass is 32.2. The molecule has 0 aliphatic carbocycles. The van der Waals surface area contributed by atoms with E-state index in [-0.39, 0.29) is 0 Å². The van der Waals surface area contributed by atoms with Gasteiger partial charge in [-0.1, -0.05) is 0 Å². The monoisotopic (exact) mass is 235 g/mol. The van der Waals surface area contributed by atoms with Crippen molar-refractivity contribution >= 4 is 11.8 Å². The predicted molar refractivity (Wildman–Crippen MR) is 68.0 cm³/mol. The van der Waals surface area contributed by atoms with Crippen molar-refractivity contribution in [2.45, 2.75) is 18.7 Å². The summed E-state index contributed by atoms with van der Waals surface area (Å²) in [5.41, 5.74) is 2.39. The number of hydrogen-bond acceptors (Lipinski definition) is 4. The molecule has 0 radical (unpaired) electrons. The Balaban J connectivity index is 2.44. The molecule has 0 atom stereocenters. The fourth-order valence-electron chi connectivity index (χ4n) is 1.37. The molecule has 0 saturated carbocycles. The average molecular weight is 235 g/mol. The highest BCUT2D eigenvalue weighted by molar-refractivity contribution is 7.98. The van der Waals surface area contributed by atoms with E-state index in [1.54, 1.807) is 11.8 Å². The van der Waals surface area contributed by atoms with Crippen molar-refractivity contribution < 1.29 is 0 Å². The van der Waals surface area contributed by atoms with Crippen LogP contribution < -0.4 is 0 Å². The summed E-state index contributed by atoms with van der Waals surface area (Å²) in [4.78, 5) is 6.46. The van der Waals surface area contributed by atoms with Crippen LogP contribution in [0.25, 0.3) is 0 Å². The van der Waals surface area contributed by atoms with Crippen molar-refractivity contribution in [1.82, 2.24) is 9.88 Å². The molecule has 0 saturated heterocycles. The molecule has 4 heteroatoms. The molecular formula is C12H17N3S. The van der Waals surface area contributed by atoms with Crippen molar-refractivity contribution in [2.75, 3.05) is 19.8 Å². The molecule has 0 aliphatic heterocycles. The topological polar surface area (TPSA) is 39.9 Å². The van der Waals surface area contributed by atoms with Crippen molar-refractivity contribution in [1.29, 1.82) is 5.26 Å². The minimum Gasteiger partial charge on any atom is -0.305 e. The number of rotatable bonds is 6. The van der Waals surface area contributed by atoms with E-state index in [4.69, 9.17) is 5.26 Å². The second-order valence-electron chi connectivity index (χ2n) is 3.85. The van der Waals surface area contributed by atoms with E-state index < -0.39 is 0 Å². The quantitative estimate of drug-likeness (QED) is 0.709. The number of thioether (sulfide) groups is 1. The zero-order valence-corrected chi connectivity index (χ0v) is 10.6. The van der Waals surface area contributed by atoms with Gasteiger partial charge in [-0.3, -0.25) is 4.98 Å². The molecular weight excluding hydrogens is 218 g/mol. The Hall–Kier alpha value is -1.05. The Kier molecular flexibility index (Phi) is 5.91. The Morgan fingerprint density at radius 2 is 2.31 bits per heavy atom. The van der Waals surface area contributed by atoms with Gasteiger partial charge < -0.3 is 4.90 Å². The first-order valence-corrected chi connectivity index (χ1v) is 6.41. The molecule has 1 aromatic rings. The van der Waals surface area contributed by atoms with Gasteiger partial charge in [-0.25, -0.2) is 0 Å². The smallest absolute Gasteiger partial charge is 0.0630 e. The Morgan fingerprint density at radius 1 is 1.50 bits per heavy atom. The lowest BCUT2D eigenvalue weighted by Crippen LogP contribution is -2.10. The summed E-state index contributed by atoms with van der Waals surface area (Å²) in [6, 6.07) is 6.33. The van der Waals surface area contributed by atoms with Gasteiger partial charge in [0.25, 0.3) is 0 Å². The molecule has 0 amide bonds. The first kappa shape index (κ1) is 13.0. The zero-order valence-electron chi connectivity index (χ0n) is 9.81. The molecule has 0 aliphatic rings. The highest BCUT2D eigenvalue weighted by Gasteiger charge is 1.99. The van der Waals surface area contributed by atoms with Gasteiger partial charge in [0.05, 0.1) is 11.8 Å². The van der Waals surface area contributed by atoms with Crippen LogP contribution in [0, 0.1) is 11.3 Å². The van der Waals surface area contributed by atoms with Crippen LogP contribution in [0.2, 0.25) is 0 Å². The van der Waals surface area contributed by atoms with Crippen molar-refractivity contribution in [3.63, 3.8) is 0 Å². The van der Waals surface area contributed by atoms with E-state index in [0.717, 1.165) is 23.7 Å². The summed E-state index contributed by atoms with van der Waals surface area (Å²) in [5, 5.41) is 8.42. The summed E-state index contributed by atoms with van der Waals surface area (Å²) in [5.74, 6) is 1.78. The summed E-state index contributed by atoms with van der Waals surface area (Å²) >= 11 is 1.76. The van der Waals surface area contributed by atoms with Crippen LogP contribution in [0.3, 0.4) is 0 Å². The number of aromatic nitrogens is 1. The van der Waals surface area contributed by atoms with Crippen LogP contribution in [-0.2, 0) is 12.3 Å². The van der Waals surface area contributed by atoms with Crippen molar-refractivity contribution in [3.05, 3.63) is 29.6 Å². The third-order valence-corrected chi connectivity index (χ3v) is 2.98. The van der Waals surface area contributed by atoms with Gasteiger partial charge in [-0.15, -0.1) is 0 Å². The van der Waals surface area contributed by atoms with E-state index in [1.165, 1.54) is 5.56 Å². The van der Waals surface area contributed by atoms with Gasteiger partial charge in [-0.2, -0.15) is 17.0 Å². The molecule has 86 valence electrons. The number of nitriles is 1. The van der Waals surface area contributed by atoms with Crippen LogP contribution in [-0.4, -0.2) is 29.7 Å². The fourth-order valence-corrected chi connectivity index (χ4v) is 2.11. The second-order valence-corrected chi connectivity index (χ2v) is 4.96. The maximum absolute atomic E-state index is 8.42. The van der Waals surface area contributed by atoms with E-state index in [0.29, 0.717) is 6.42 Å². The van der Waals surface area contributed by atoms with Crippen LogP contribution in [0.4, 0.5) is 0 Å². The highest BCUT2D eigenvalue weighted by Crippen LogP contribution is 2.12. The number of pyridine rings is 1. The van der Waals surface area contributed by atoms with Gasteiger partial charge in [0.2, 0.25) is 0 Å². The van der Waals surface area contributed by atoms with Crippen molar-refractivity contribution in [3.8, 4) is 6.07 Å².